The molecule has 0 spiro atoms. The van der Waals surface area contributed by atoms with Gasteiger partial charge in [-0.3, -0.25) is 4.79 Å². The smallest absolute Gasteiger partial charge is 0.252 e. The van der Waals surface area contributed by atoms with Gasteiger partial charge in [-0.2, -0.15) is 9.49 Å². The molecule has 2 aromatic carbocycles. The van der Waals surface area contributed by atoms with E-state index in [-0.39, 0.29) is 29.2 Å². The minimum atomic E-state index is -1.06. The van der Waals surface area contributed by atoms with Crippen LogP contribution >= 0.6 is 0 Å². The van der Waals surface area contributed by atoms with E-state index in [9.17, 15) is 13.6 Å². The fourth-order valence-corrected chi connectivity index (χ4v) is 4.97. The van der Waals surface area contributed by atoms with Crippen molar-refractivity contribution < 1.29 is 18.3 Å². The number of aromatic nitrogens is 4. The first-order chi connectivity index (χ1) is 19.4. The second-order valence-corrected chi connectivity index (χ2v) is 9.98. The van der Waals surface area contributed by atoms with Gasteiger partial charge in [-0.25, -0.2) is 23.9 Å². The van der Waals surface area contributed by atoms with Crippen LogP contribution in [0.5, 0.6) is 11.5 Å². The normalized spacial score (nSPS) is 17.6. The van der Waals surface area contributed by atoms with E-state index in [0.29, 0.717) is 47.0 Å². The zero-order chi connectivity index (χ0) is 27.8. The number of likely N-dealkylation sites (tertiary alicyclic amines) is 1. The molecule has 40 heavy (non-hydrogen) atoms. The summed E-state index contributed by atoms with van der Waals surface area (Å²) in [6.45, 7) is 8.45. The van der Waals surface area contributed by atoms with Crippen molar-refractivity contribution in [2.75, 3.05) is 18.8 Å². The van der Waals surface area contributed by atoms with Crippen LogP contribution in [-0.4, -0.2) is 43.6 Å². The molecule has 0 unspecified atom stereocenters. The highest BCUT2D eigenvalue weighted by Gasteiger charge is 2.31. The van der Waals surface area contributed by atoms with Crippen LogP contribution in [0.15, 0.2) is 60.6 Å². The maximum absolute atomic E-state index is 14.0. The monoisotopic (exact) mass is 541 g/mol. The number of benzene rings is 2. The average molecular weight is 542 g/mol. The Hall–Kier alpha value is -4.85. The van der Waals surface area contributed by atoms with Gasteiger partial charge in [0.2, 0.25) is 11.5 Å². The lowest BCUT2D eigenvalue weighted by molar-refractivity contribution is -0.128. The number of hydrogen-bond acceptors (Lipinski definition) is 6. The van der Waals surface area contributed by atoms with Crippen molar-refractivity contribution in [1.29, 1.82) is 0 Å². The molecule has 9 nitrogen and oxygen atoms in total. The number of piperidine rings is 1. The van der Waals surface area contributed by atoms with Crippen LogP contribution in [-0.2, 0) is 4.79 Å². The summed E-state index contributed by atoms with van der Waals surface area (Å²) in [6, 6.07) is 10.3. The van der Waals surface area contributed by atoms with Crippen LogP contribution in [0.25, 0.3) is 27.1 Å². The summed E-state index contributed by atoms with van der Waals surface area (Å²) in [6.07, 6.45) is 6.75. The van der Waals surface area contributed by atoms with Gasteiger partial charge in [0.1, 0.15) is 23.6 Å². The number of carbonyl (C=O) groups excluding carboxylic acids is 1. The summed E-state index contributed by atoms with van der Waals surface area (Å²) in [5, 5.41) is 5.45. The number of nitrogens with zero attached hydrogens (tertiary/aromatic N) is 6. The predicted molar refractivity (Wildman–Crippen MR) is 144 cm³/mol. The summed E-state index contributed by atoms with van der Waals surface area (Å²) >= 11 is 0. The van der Waals surface area contributed by atoms with Crippen molar-refractivity contribution in [2.24, 2.45) is 5.92 Å². The van der Waals surface area contributed by atoms with Crippen LogP contribution in [0, 0.1) is 24.1 Å². The van der Waals surface area contributed by atoms with Gasteiger partial charge in [0.25, 0.3) is 5.91 Å². The van der Waals surface area contributed by atoms with Crippen LogP contribution in [0.4, 0.5) is 14.6 Å². The number of anilines is 1. The fraction of sp³-hybridized carbons (Fsp3) is 0.276. The molecule has 2 N–H and O–H groups in total. The largest absolute Gasteiger partial charge is 0.454 e. The first kappa shape index (κ1) is 25.4. The minimum absolute atomic E-state index is 0.172. The van der Waals surface area contributed by atoms with Crippen molar-refractivity contribution in [3.63, 3.8) is 0 Å². The Kier molecular flexibility index (Phi) is 6.59. The summed E-state index contributed by atoms with van der Waals surface area (Å²) in [7, 11) is 0. The SMILES string of the molecule is [C-]#[N+]/C(=C\C1CC1)C(=O)N1CCC[C@@H](n2nc(-c3ccc(Oc4cccc(F)c4F)cc3)c3c(N)ncnc32)C1. The standard InChI is InChI=1S/C29H25F2N7O2/c1-33-22(14-17-7-8-17)29(39)37-13-3-4-19(15-37)38-28-24(27(32)34-16-35-28)26(36-38)18-9-11-20(12-10-18)40-23-6-2-5-21(30)25(23)31/h2,5-6,9-12,14,16-17,19H,3-4,7-8,13,15H2,(H2,32,34,35)/b22-14-/t19-/m1/s1. The van der Waals surface area contributed by atoms with Gasteiger partial charge in [-0.15, -0.1) is 0 Å². The van der Waals surface area contributed by atoms with Gasteiger partial charge in [0, 0.05) is 18.7 Å². The van der Waals surface area contributed by atoms with Crippen molar-refractivity contribution in [3.05, 3.63) is 83.6 Å². The van der Waals surface area contributed by atoms with E-state index in [1.807, 2.05) is 0 Å². The molecule has 1 amide bonds. The van der Waals surface area contributed by atoms with Crippen molar-refractivity contribution >= 4 is 22.8 Å². The first-order valence-electron chi connectivity index (χ1n) is 13.0. The molecule has 1 saturated heterocycles. The number of allylic oxidation sites excluding steroid dienone is 1. The number of nitrogens with two attached hydrogens (primary N) is 1. The maximum atomic E-state index is 14.0. The number of ether oxygens (including phenoxy) is 1. The van der Waals surface area contributed by atoms with E-state index in [0.717, 1.165) is 31.7 Å². The summed E-state index contributed by atoms with van der Waals surface area (Å²) < 4.78 is 34.9. The highest BCUT2D eigenvalue weighted by molar-refractivity contribution is 5.98. The Bertz CT molecular complexity index is 1670. The topological polar surface area (TPSA) is 104 Å². The van der Waals surface area contributed by atoms with Crippen LogP contribution in [0.1, 0.15) is 31.7 Å². The Morgan fingerprint density at radius 2 is 1.93 bits per heavy atom. The predicted octanol–water partition coefficient (Wildman–Crippen LogP) is 5.52. The molecular weight excluding hydrogens is 516 g/mol. The Morgan fingerprint density at radius 3 is 2.67 bits per heavy atom. The van der Waals surface area contributed by atoms with E-state index in [1.54, 1.807) is 39.9 Å². The highest BCUT2D eigenvalue weighted by atomic mass is 19.2. The Morgan fingerprint density at radius 1 is 1.12 bits per heavy atom. The second kappa shape index (κ2) is 10.4. The molecule has 4 aromatic rings. The van der Waals surface area contributed by atoms with Gasteiger partial charge < -0.3 is 15.4 Å². The molecule has 2 fully saturated rings. The summed E-state index contributed by atoms with van der Waals surface area (Å²) in [4.78, 5) is 27.0. The van der Waals surface area contributed by atoms with Gasteiger partial charge in [-0.1, -0.05) is 12.1 Å². The number of carbonyl (C=O) groups is 1. The Balaban J connectivity index is 1.30. The molecule has 2 aromatic heterocycles. The van der Waals surface area contributed by atoms with Crippen LogP contribution in [0.2, 0.25) is 0 Å². The molecule has 3 heterocycles. The lowest BCUT2D eigenvalue weighted by Gasteiger charge is -2.33. The zero-order valence-electron chi connectivity index (χ0n) is 21.4. The minimum Gasteiger partial charge on any atom is -0.454 e. The molecule has 202 valence electrons. The van der Waals surface area contributed by atoms with Gasteiger partial charge in [-0.05, 0) is 68.0 Å². The van der Waals surface area contributed by atoms with E-state index in [1.165, 1.54) is 18.5 Å². The third kappa shape index (κ3) is 4.84. The number of amides is 1. The average Bonchev–Trinajstić information content (AvgIpc) is 3.71. The molecule has 1 atom stereocenters. The molecule has 6 rings (SSSR count). The van der Waals surface area contributed by atoms with Crippen LogP contribution < -0.4 is 10.5 Å². The molecule has 0 bridgehead atoms. The number of halogens is 2. The fourth-order valence-electron chi connectivity index (χ4n) is 4.97. The number of hydrogen-bond donors (Lipinski definition) is 1. The van der Waals surface area contributed by atoms with E-state index < -0.39 is 11.6 Å². The van der Waals surface area contributed by atoms with Gasteiger partial charge >= 0.3 is 0 Å². The van der Waals surface area contributed by atoms with Crippen LogP contribution in [0.3, 0.4) is 0 Å². The molecule has 1 aliphatic carbocycles. The van der Waals surface area contributed by atoms with Crippen molar-refractivity contribution in [3.8, 4) is 22.8 Å². The highest BCUT2D eigenvalue weighted by Crippen LogP contribution is 2.36. The lowest BCUT2D eigenvalue weighted by Crippen LogP contribution is -2.41. The van der Waals surface area contributed by atoms with E-state index in [4.69, 9.17) is 22.1 Å². The Labute approximate surface area is 228 Å². The summed E-state index contributed by atoms with van der Waals surface area (Å²) in [5.41, 5.74) is 8.25. The van der Waals surface area contributed by atoms with E-state index >= 15 is 0 Å². The molecule has 2 aliphatic rings. The molecule has 1 saturated carbocycles. The third-order valence-electron chi connectivity index (χ3n) is 7.17. The molecule has 11 heteroatoms. The molecule has 0 radical (unpaired) electrons. The molecular formula is C29H25F2N7O2. The second-order valence-electron chi connectivity index (χ2n) is 9.98. The number of nitrogen functional groups attached to an aromatic ring is 1. The van der Waals surface area contributed by atoms with Crippen molar-refractivity contribution in [1.82, 2.24) is 24.6 Å². The lowest BCUT2D eigenvalue weighted by atomic mass is 10.1. The van der Waals surface area contributed by atoms with E-state index in [2.05, 4.69) is 14.8 Å². The quantitative estimate of drug-likeness (QED) is 0.255. The molecule has 1 aliphatic heterocycles. The zero-order valence-corrected chi connectivity index (χ0v) is 21.4. The van der Waals surface area contributed by atoms with Gasteiger partial charge in [0.15, 0.2) is 17.2 Å². The van der Waals surface area contributed by atoms with Gasteiger partial charge in [0.05, 0.1) is 18.0 Å². The number of fused-ring (bicyclic) bond motifs is 1. The first-order valence-corrected chi connectivity index (χ1v) is 13.0. The maximum Gasteiger partial charge on any atom is 0.252 e. The summed E-state index contributed by atoms with van der Waals surface area (Å²) in [5.74, 6) is -1.61. The number of rotatable bonds is 6. The van der Waals surface area contributed by atoms with Crippen molar-refractivity contribution in [2.45, 2.75) is 31.7 Å². The third-order valence-corrected chi connectivity index (χ3v) is 7.17.